The van der Waals surface area contributed by atoms with Crippen LogP contribution >= 0.6 is 15.9 Å². The lowest BCUT2D eigenvalue weighted by molar-refractivity contribution is 0.158. The van der Waals surface area contributed by atoms with Crippen molar-refractivity contribution in [1.29, 1.82) is 0 Å². The minimum Gasteiger partial charge on any atom is -0.317 e. The van der Waals surface area contributed by atoms with Gasteiger partial charge in [-0.2, -0.15) is 0 Å². The van der Waals surface area contributed by atoms with Crippen molar-refractivity contribution in [2.24, 2.45) is 5.92 Å². The highest BCUT2D eigenvalue weighted by molar-refractivity contribution is 9.10. The van der Waals surface area contributed by atoms with Crippen molar-refractivity contribution in [1.82, 2.24) is 10.2 Å². The summed E-state index contributed by atoms with van der Waals surface area (Å²) >= 11 is 3.14. The van der Waals surface area contributed by atoms with Gasteiger partial charge in [0.15, 0.2) is 0 Å². The van der Waals surface area contributed by atoms with Gasteiger partial charge in [0.25, 0.3) is 0 Å². The fourth-order valence-electron chi connectivity index (χ4n) is 2.77. The molecule has 1 heterocycles. The van der Waals surface area contributed by atoms with Crippen molar-refractivity contribution in [3.8, 4) is 0 Å². The average Bonchev–Trinajstić information content (AvgIpc) is 2.47. The maximum atomic E-state index is 14.1. The van der Waals surface area contributed by atoms with Gasteiger partial charge in [-0.15, -0.1) is 0 Å². The maximum absolute atomic E-state index is 14.1. The van der Waals surface area contributed by atoms with Gasteiger partial charge in [-0.3, -0.25) is 4.90 Å². The van der Waals surface area contributed by atoms with Gasteiger partial charge < -0.3 is 5.32 Å². The molecule has 21 heavy (non-hydrogen) atoms. The normalized spacial score (nSPS) is 16.9. The number of benzene rings is 1. The number of rotatable bonds is 5. The molecule has 1 aliphatic heterocycles. The molecule has 2 nitrogen and oxygen atoms in total. The first-order chi connectivity index (χ1) is 9.99. The van der Waals surface area contributed by atoms with Crippen LogP contribution in [0.5, 0.6) is 0 Å². The van der Waals surface area contributed by atoms with Crippen LogP contribution in [-0.4, -0.2) is 30.6 Å². The summed E-state index contributed by atoms with van der Waals surface area (Å²) in [5.74, 6) is -0.343. The Kier molecular flexibility index (Phi) is 6.14. The molecule has 0 bridgehead atoms. The highest BCUT2D eigenvalue weighted by Gasteiger charge is 2.22. The summed E-state index contributed by atoms with van der Waals surface area (Å²) in [6.45, 7) is 7.44. The smallest absolute Gasteiger partial charge is 0.144 e. The molecule has 1 saturated heterocycles. The Bertz CT molecular complexity index is 474. The quantitative estimate of drug-likeness (QED) is 0.800. The predicted molar refractivity (Wildman–Crippen MR) is 85.2 cm³/mol. The molecule has 0 spiro atoms. The first kappa shape index (κ1) is 16.8. The molecule has 1 N–H and O–H groups in total. The predicted octanol–water partition coefficient (Wildman–Crippen LogP) is 3.94. The summed E-state index contributed by atoms with van der Waals surface area (Å²) in [5, 5.41) is 3.35. The molecular weight excluding hydrogens is 338 g/mol. The second-order valence-corrected chi connectivity index (χ2v) is 6.89. The Morgan fingerprint density at radius 1 is 1.29 bits per heavy atom. The van der Waals surface area contributed by atoms with Crippen molar-refractivity contribution in [3.05, 3.63) is 33.8 Å². The van der Waals surface area contributed by atoms with Crippen LogP contribution in [0.3, 0.4) is 0 Å². The Morgan fingerprint density at radius 2 is 1.95 bits per heavy atom. The number of nitrogens with one attached hydrogen (secondary N) is 1. The van der Waals surface area contributed by atoms with E-state index in [0.717, 1.165) is 32.5 Å². The molecule has 0 saturated carbocycles. The van der Waals surface area contributed by atoms with E-state index in [1.807, 2.05) is 0 Å². The summed E-state index contributed by atoms with van der Waals surface area (Å²) in [4.78, 5) is 2.17. The maximum Gasteiger partial charge on any atom is 0.144 e. The van der Waals surface area contributed by atoms with Gasteiger partial charge in [0.2, 0.25) is 0 Å². The molecule has 0 radical (unpaired) electrons. The van der Waals surface area contributed by atoms with Crippen molar-refractivity contribution in [2.75, 3.05) is 19.6 Å². The Morgan fingerprint density at radius 3 is 2.57 bits per heavy atom. The first-order valence-corrected chi connectivity index (χ1v) is 8.35. The Balaban J connectivity index is 2.11. The van der Waals surface area contributed by atoms with Gasteiger partial charge >= 0.3 is 0 Å². The molecule has 1 aliphatic rings. The summed E-state index contributed by atoms with van der Waals surface area (Å²) in [6.07, 6.45) is 2.26. The zero-order chi connectivity index (χ0) is 15.4. The van der Waals surface area contributed by atoms with Gasteiger partial charge in [0.05, 0.1) is 4.47 Å². The van der Waals surface area contributed by atoms with Gasteiger partial charge in [0.1, 0.15) is 11.6 Å². The van der Waals surface area contributed by atoms with E-state index in [0.29, 0.717) is 16.9 Å². The lowest BCUT2D eigenvalue weighted by Gasteiger charge is -2.33. The van der Waals surface area contributed by atoms with Crippen LogP contribution in [-0.2, 0) is 6.54 Å². The van der Waals surface area contributed by atoms with Crippen LogP contribution in [0.4, 0.5) is 8.78 Å². The molecule has 0 atom stereocenters. The van der Waals surface area contributed by atoms with Gasteiger partial charge in [-0.25, -0.2) is 8.78 Å². The van der Waals surface area contributed by atoms with Crippen molar-refractivity contribution >= 4 is 15.9 Å². The second kappa shape index (κ2) is 7.65. The third-order valence-corrected chi connectivity index (χ3v) is 4.79. The Hall–Kier alpha value is -0.520. The molecule has 1 fully saturated rings. The van der Waals surface area contributed by atoms with Crippen LogP contribution in [0, 0.1) is 17.6 Å². The summed E-state index contributed by atoms with van der Waals surface area (Å²) in [5.41, 5.74) is 0.159. The lowest BCUT2D eigenvalue weighted by atomic mass is 9.96. The molecule has 5 heteroatoms. The SMILES string of the molecule is CC(C)N(Cc1c(F)ccc(Br)c1F)CC1CCNCC1. The molecular formula is C16H23BrF2N2. The zero-order valence-electron chi connectivity index (χ0n) is 12.6. The number of hydrogen-bond donors (Lipinski definition) is 1. The van der Waals surface area contributed by atoms with E-state index in [1.165, 1.54) is 12.1 Å². The number of piperidine rings is 1. The van der Waals surface area contributed by atoms with E-state index in [1.54, 1.807) is 0 Å². The third-order valence-electron chi connectivity index (χ3n) is 4.18. The molecule has 2 rings (SSSR count). The minimum atomic E-state index is -0.481. The molecule has 1 aromatic rings. The standard InChI is InChI=1S/C16H23BrF2N2/c1-11(2)21(9-12-5-7-20-8-6-12)10-13-15(18)4-3-14(17)16(13)19/h3-4,11-12,20H,5-10H2,1-2H3. The highest BCUT2D eigenvalue weighted by Crippen LogP contribution is 2.24. The summed E-state index contributed by atoms with van der Waals surface area (Å²) in [7, 11) is 0. The summed E-state index contributed by atoms with van der Waals surface area (Å²) < 4.78 is 28.4. The third kappa shape index (κ3) is 4.47. The van der Waals surface area contributed by atoms with Crippen LogP contribution in [0.15, 0.2) is 16.6 Å². The molecule has 1 aromatic carbocycles. The Labute approximate surface area is 134 Å². The molecule has 0 aliphatic carbocycles. The molecule has 118 valence electrons. The van der Waals surface area contributed by atoms with E-state index < -0.39 is 11.6 Å². The lowest BCUT2D eigenvalue weighted by Crippen LogP contribution is -2.39. The fraction of sp³-hybridized carbons (Fsp3) is 0.625. The first-order valence-electron chi connectivity index (χ1n) is 7.56. The average molecular weight is 361 g/mol. The van der Waals surface area contributed by atoms with Crippen LogP contribution in [0.2, 0.25) is 0 Å². The van der Waals surface area contributed by atoms with Crippen LogP contribution in [0.1, 0.15) is 32.3 Å². The highest BCUT2D eigenvalue weighted by atomic mass is 79.9. The van der Waals surface area contributed by atoms with E-state index in [4.69, 9.17) is 0 Å². The van der Waals surface area contributed by atoms with Crippen molar-refractivity contribution < 1.29 is 8.78 Å². The van der Waals surface area contributed by atoms with Gasteiger partial charge in [0, 0.05) is 24.7 Å². The van der Waals surface area contributed by atoms with E-state index in [2.05, 4.69) is 40.0 Å². The van der Waals surface area contributed by atoms with Crippen molar-refractivity contribution in [3.63, 3.8) is 0 Å². The minimum absolute atomic E-state index is 0.159. The number of hydrogen-bond acceptors (Lipinski definition) is 2. The fourth-order valence-corrected chi connectivity index (χ4v) is 3.14. The second-order valence-electron chi connectivity index (χ2n) is 6.04. The van der Waals surface area contributed by atoms with E-state index >= 15 is 0 Å². The largest absolute Gasteiger partial charge is 0.317 e. The van der Waals surface area contributed by atoms with Crippen LogP contribution < -0.4 is 5.32 Å². The van der Waals surface area contributed by atoms with Crippen LogP contribution in [0.25, 0.3) is 0 Å². The zero-order valence-corrected chi connectivity index (χ0v) is 14.2. The molecule has 0 unspecified atom stereocenters. The number of nitrogens with zero attached hydrogens (tertiary/aromatic N) is 1. The molecule has 0 aromatic heterocycles. The topological polar surface area (TPSA) is 15.3 Å². The monoisotopic (exact) mass is 360 g/mol. The van der Waals surface area contributed by atoms with E-state index in [9.17, 15) is 8.78 Å². The van der Waals surface area contributed by atoms with E-state index in [-0.39, 0.29) is 11.6 Å². The summed E-state index contributed by atoms with van der Waals surface area (Å²) in [6, 6.07) is 3.00. The number of halogens is 3. The van der Waals surface area contributed by atoms with Gasteiger partial charge in [-0.1, -0.05) is 0 Å². The van der Waals surface area contributed by atoms with Gasteiger partial charge in [-0.05, 0) is 73.8 Å². The van der Waals surface area contributed by atoms with Crippen molar-refractivity contribution in [2.45, 2.75) is 39.3 Å². The molecule has 0 amide bonds.